The first kappa shape index (κ1) is 14.9. The summed E-state index contributed by atoms with van der Waals surface area (Å²) >= 11 is 1.96. The largest absolute Gasteiger partial charge is 0.349 e. The Labute approximate surface area is 131 Å². The van der Waals surface area contributed by atoms with Crippen molar-refractivity contribution in [1.82, 2.24) is 10.6 Å². The summed E-state index contributed by atoms with van der Waals surface area (Å²) in [7, 11) is 0. The SMILES string of the molecule is CSC1CCC(NC(=O)c2cccc3c2CCNC3)CC1. The van der Waals surface area contributed by atoms with Crippen LogP contribution in [0.15, 0.2) is 18.2 Å². The molecule has 21 heavy (non-hydrogen) atoms. The number of thioether (sulfide) groups is 1. The zero-order valence-electron chi connectivity index (χ0n) is 12.7. The number of carbonyl (C=O) groups is 1. The smallest absolute Gasteiger partial charge is 0.251 e. The molecular weight excluding hydrogens is 280 g/mol. The molecule has 1 fully saturated rings. The molecule has 1 amide bonds. The van der Waals surface area contributed by atoms with E-state index in [1.165, 1.54) is 24.0 Å². The maximum Gasteiger partial charge on any atom is 0.251 e. The monoisotopic (exact) mass is 304 g/mol. The molecule has 0 spiro atoms. The lowest BCUT2D eigenvalue weighted by Gasteiger charge is -2.28. The Balaban J connectivity index is 1.66. The molecule has 1 aliphatic carbocycles. The zero-order valence-corrected chi connectivity index (χ0v) is 13.5. The maximum atomic E-state index is 12.6. The summed E-state index contributed by atoms with van der Waals surface area (Å²) in [5.41, 5.74) is 3.41. The molecule has 4 heteroatoms. The molecule has 0 bridgehead atoms. The second-order valence-corrected chi connectivity index (χ2v) is 7.19. The first-order valence-electron chi connectivity index (χ1n) is 7.93. The highest BCUT2D eigenvalue weighted by atomic mass is 32.2. The Morgan fingerprint density at radius 2 is 2.10 bits per heavy atom. The number of rotatable bonds is 3. The topological polar surface area (TPSA) is 41.1 Å². The van der Waals surface area contributed by atoms with Crippen molar-refractivity contribution < 1.29 is 4.79 Å². The Morgan fingerprint density at radius 1 is 1.29 bits per heavy atom. The van der Waals surface area contributed by atoms with E-state index in [0.717, 1.165) is 43.2 Å². The number of nitrogens with one attached hydrogen (secondary N) is 2. The molecular formula is C17H24N2OS. The van der Waals surface area contributed by atoms with E-state index in [0.29, 0.717) is 6.04 Å². The van der Waals surface area contributed by atoms with Gasteiger partial charge in [0.15, 0.2) is 0 Å². The highest BCUT2D eigenvalue weighted by Gasteiger charge is 2.24. The summed E-state index contributed by atoms with van der Waals surface area (Å²) in [5.74, 6) is 0.126. The third-order valence-corrected chi connectivity index (χ3v) is 5.87. The molecule has 1 aromatic carbocycles. The van der Waals surface area contributed by atoms with Gasteiger partial charge in [0, 0.05) is 23.4 Å². The second kappa shape index (κ2) is 6.84. The zero-order chi connectivity index (χ0) is 14.7. The normalized spacial score (nSPS) is 25.2. The molecule has 2 N–H and O–H groups in total. The van der Waals surface area contributed by atoms with Gasteiger partial charge < -0.3 is 10.6 Å². The van der Waals surface area contributed by atoms with Crippen LogP contribution in [0.2, 0.25) is 0 Å². The summed E-state index contributed by atoms with van der Waals surface area (Å²) < 4.78 is 0. The van der Waals surface area contributed by atoms with E-state index in [9.17, 15) is 4.79 Å². The fraction of sp³-hybridized carbons (Fsp3) is 0.588. The number of carbonyl (C=O) groups excluding carboxylic acids is 1. The molecule has 0 unspecified atom stereocenters. The molecule has 0 aromatic heterocycles. The molecule has 0 radical (unpaired) electrons. The molecule has 3 nitrogen and oxygen atoms in total. The standard InChI is InChI=1S/C17H24N2OS/c1-21-14-7-5-13(6-8-14)19-17(20)16-4-2-3-12-11-18-10-9-15(12)16/h2-4,13-14,18H,5-11H2,1H3,(H,19,20). The second-order valence-electron chi connectivity index (χ2n) is 6.05. The van der Waals surface area contributed by atoms with Gasteiger partial charge >= 0.3 is 0 Å². The highest BCUT2D eigenvalue weighted by Crippen LogP contribution is 2.27. The first-order chi connectivity index (χ1) is 10.3. The minimum Gasteiger partial charge on any atom is -0.349 e. The van der Waals surface area contributed by atoms with Crippen molar-refractivity contribution in [1.29, 1.82) is 0 Å². The molecule has 1 aromatic rings. The number of hydrogen-bond donors (Lipinski definition) is 2. The van der Waals surface area contributed by atoms with Gasteiger partial charge in [-0.3, -0.25) is 4.79 Å². The number of hydrogen-bond acceptors (Lipinski definition) is 3. The van der Waals surface area contributed by atoms with Gasteiger partial charge in [0.2, 0.25) is 0 Å². The van der Waals surface area contributed by atoms with Crippen LogP contribution in [0.1, 0.15) is 47.2 Å². The molecule has 0 saturated heterocycles. The van der Waals surface area contributed by atoms with Crippen LogP contribution >= 0.6 is 11.8 Å². The third kappa shape index (κ3) is 3.43. The highest BCUT2D eigenvalue weighted by molar-refractivity contribution is 7.99. The fourth-order valence-electron chi connectivity index (χ4n) is 3.45. The summed E-state index contributed by atoms with van der Waals surface area (Å²) in [6.07, 6.45) is 7.83. The van der Waals surface area contributed by atoms with Crippen LogP contribution in [0.4, 0.5) is 0 Å². The first-order valence-corrected chi connectivity index (χ1v) is 9.22. The summed E-state index contributed by atoms with van der Waals surface area (Å²) in [6.45, 7) is 1.85. The molecule has 2 aliphatic rings. The summed E-state index contributed by atoms with van der Waals surface area (Å²) in [6, 6.07) is 6.47. The van der Waals surface area contributed by atoms with Gasteiger partial charge in [-0.05, 0) is 62.1 Å². The van der Waals surface area contributed by atoms with Gasteiger partial charge in [-0.2, -0.15) is 11.8 Å². The Kier molecular flexibility index (Phi) is 4.86. The van der Waals surface area contributed by atoms with Crippen LogP contribution in [-0.4, -0.2) is 30.0 Å². The van der Waals surface area contributed by atoms with Crippen molar-refractivity contribution in [2.75, 3.05) is 12.8 Å². The van der Waals surface area contributed by atoms with Crippen LogP contribution in [-0.2, 0) is 13.0 Å². The lowest BCUT2D eigenvalue weighted by atomic mass is 9.92. The van der Waals surface area contributed by atoms with Crippen molar-refractivity contribution in [2.24, 2.45) is 0 Å². The predicted molar refractivity (Wildman–Crippen MR) is 88.9 cm³/mol. The predicted octanol–water partition coefficient (Wildman–Crippen LogP) is 2.74. The molecule has 1 saturated carbocycles. The van der Waals surface area contributed by atoms with E-state index in [4.69, 9.17) is 0 Å². The lowest BCUT2D eigenvalue weighted by molar-refractivity contribution is 0.0927. The van der Waals surface area contributed by atoms with E-state index >= 15 is 0 Å². The van der Waals surface area contributed by atoms with Crippen LogP contribution in [0, 0.1) is 0 Å². The lowest BCUT2D eigenvalue weighted by Crippen LogP contribution is -2.39. The van der Waals surface area contributed by atoms with Gasteiger partial charge in [0.05, 0.1) is 0 Å². The molecule has 114 valence electrons. The van der Waals surface area contributed by atoms with E-state index in [2.05, 4.69) is 23.0 Å². The van der Waals surface area contributed by atoms with Crippen LogP contribution in [0.5, 0.6) is 0 Å². The number of benzene rings is 1. The van der Waals surface area contributed by atoms with Gasteiger partial charge in [0.25, 0.3) is 5.91 Å². The summed E-state index contributed by atoms with van der Waals surface area (Å²) in [5, 5.41) is 7.41. The number of fused-ring (bicyclic) bond motifs is 1. The van der Waals surface area contributed by atoms with Crippen molar-refractivity contribution in [3.8, 4) is 0 Å². The summed E-state index contributed by atoms with van der Waals surface area (Å²) in [4.78, 5) is 12.6. The van der Waals surface area contributed by atoms with Crippen molar-refractivity contribution in [2.45, 2.75) is 49.9 Å². The van der Waals surface area contributed by atoms with Crippen molar-refractivity contribution in [3.63, 3.8) is 0 Å². The third-order valence-electron chi connectivity index (χ3n) is 4.73. The van der Waals surface area contributed by atoms with Gasteiger partial charge in [-0.1, -0.05) is 12.1 Å². The maximum absolute atomic E-state index is 12.6. The van der Waals surface area contributed by atoms with Crippen LogP contribution < -0.4 is 10.6 Å². The van der Waals surface area contributed by atoms with Crippen molar-refractivity contribution >= 4 is 17.7 Å². The fourth-order valence-corrected chi connectivity index (χ4v) is 4.19. The molecule has 1 aliphatic heterocycles. The van der Waals surface area contributed by atoms with E-state index < -0.39 is 0 Å². The minimum atomic E-state index is 0.126. The Bertz CT molecular complexity index is 510. The molecule has 3 rings (SSSR count). The Hall–Kier alpha value is -1.00. The van der Waals surface area contributed by atoms with Gasteiger partial charge in [-0.15, -0.1) is 0 Å². The van der Waals surface area contributed by atoms with E-state index in [1.54, 1.807) is 0 Å². The molecule has 1 heterocycles. The van der Waals surface area contributed by atoms with E-state index in [1.807, 2.05) is 23.9 Å². The van der Waals surface area contributed by atoms with Crippen molar-refractivity contribution in [3.05, 3.63) is 34.9 Å². The molecule has 0 atom stereocenters. The number of amides is 1. The van der Waals surface area contributed by atoms with Gasteiger partial charge in [0.1, 0.15) is 0 Å². The average molecular weight is 304 g/mol. The minimum absolute atomic E-state index is 0.126. The Morgan fingerprint density at radius 3 is 2.86 bits per heavy atom. The van der Waals surface area contributed by atoms with E-state index in [-0.39, 0.29) is 5.91 Å². The quantitative estimate of drug-likeness (QED) is 0.902. The average Bonchev–Trinajstić information content (AvgIpc) is 2.55. The van der Waals surface area contributed by atoms with Gasteiger partial charge in [-0.25, -0.2) is 0 Å². The van der Waals surface area contributed by atoms with Crippen LogP contribution in [0.25, 0.3) is 0 Å². The van der Waals surface area contributed by atoms with Crippen LogP contribution in [0.3, 0.4) is 0 Å².